The van der Waals surface area contributed by atoms with Gasteiger partial charge in [-0.2, -0.15) is 0 Å². The maximum absolute atomic E-state index is 12.5. The van der Waals surface area contributed by atoms with Gasteiger partial charge in [-0.25, -0.2) is 0 Å². The van der Waals surface area contributed by atoms with Crippen molar-refractivity contribution >= 4 is 11.5 Å². The zero-order valence-electron chi connectivity index (χ0n) is 10.8. The topological polar surface area (TPSA) is 52.3 Å². The van der Waals surface area contributed by atoms with Gasteiger partial charge in [-0.1, -0.05) is 0 Å². The summed E-state index contributed by atoms with van der Waals surface area (Å²) in [6, 6.07) is 11.0. The summed E-state index contributed by atoms with van der Waals surface area (Å²) in [6.45, 7) is 2.63. The summed E-state index contributed by atoms with van der Waals surface area (Å²) in [5.41, 5.74) is 9.83. The molecule has 1 aliphatic rings. The van der Waals surface area contributed by atoms with Gasteiger partial charge in [0, 0.05) is 23.2 Å². The van der Waals surface area contributed by atoms with Crippen molar-refractivity contribution in [3.63, 3.8) is 0 Å². The van der Waals surface area contributed by atoms with Crippen LogP contribution in [0.2, 0.25) is 0 Å². The second kappa shape index (κ2) is 4.43. The van der Waals surface area contributed by atoms with E-state index < -0.39 is 0 Å². The van der Waals surface area contributed by atoms with Crippen LogP contribution in [0, 0.1) is 6.92 Å². The van der Waals surface area contributed by atoms with Crippen molar-refractivity contribution < 1.29 is 9.53 Å². The predicted octanol–water partition coefficient (Wildman–Crippen LogP) is 2.74. The number of hydrogen-bond acceptors (Lipinski definition) is 3. The number of fused-ring (bicyclic) bond motifs is 1. The standard InChI is InChI=1S/C16H15NO2/c1-10-6-13(9-14(17)7-10)16(18)12-2-3-15-11(8-12)4-5-19-15/h2-3,6-9H,4-5,17H2,1H3. The number of nitrogens with two attached hydrogens (primary N) is 1. The predicted molar refractivity (Wildman–Crippen MR) is 74.7 cm³/mol. The average molecular weight is 253 g/mol. The molecule has 0 fully saturated rings. The Kier molecular flexibility index (Phi) is 2.75. The molecule has 0 spiro atoms. The number of carbonyl (C=O) groups excluding carboxylic acids is 1. The summed E-state index contributed by atoms with van der Waals surface area (Å²) in [4.78, 5) is 12.5. The molecule has 3 heteroatoms. The van der Waals surface area contributed by atoms with Gasteiger partial charge < -0.3 is 10.5 Å². The first-order valence-electron chi connectivity index (χ1n) is 6.31. The second-order valence-corrected chi connectivity index (χ2v) is 4.88. The van der Waals surface area contributed by atoms with E-state index in [1.807, 2.05) is 37.3 Å². The van der Waals surface area contributed by atoms with Gasteiger partial charge in [-0.3, -0.25) is 4.79 Å². The Balaban J connectivity index is 1.99. The number of hydrogen-bond donors (Lipinski definition) is 1. The molecular formula is C16H15NO2. The molecule has 1 heterocycles. The molecule has 0 saturated heterocycles. The van der Waals surface area contributed by atoms with Crippen LogP contribution in [-0.2, 0) is 6.42 Å². The SMILES string of the molecule is Cc1cc(N)cc(C(=O)c2ccc3c(c2)CCO3)c1. The fourth-order valence-corrected chi connectivity index (χ4v) is 2.44. The Morgan fingerprint density at radius 2 is 2.00 bits per heavy atom. The highest BCUT2D eigenvalue weighted by molar-refractivity contribution is 6.09. The van der Waals surface area contributed by atoms with Gasteiger partial charge in [-0.15, -0.1) is 0 Å². The quantitative estimate of drug-likeness (QED) is 0.661. The lowest BCUT2D eigenvalue weighted by molar-refractivity contribution is 0.103. The van der Waals surface area contributed by atoms with Gasteiger partial charge in [0.2, 0.25) is 0 Å². The molecule has 0 aromatic heterocycles. The van der Waals surface area contributed by atoms with E-state index in [0.717, 1.165) is 23.3 Å². The molecule has 2 N–H and O–H groups in total. The fourth-order valence-electron chi connectivity index (χ4n) is 2.44. The summed E-state index contributed by atoms with van der Waals surface area (Å²) >= 11 is 0. The van der Waals surface area contributed by atoms with E-state index in [0.29, 0.717) is 23.4 Å². The van der Waals surface area contributed by atoms with Crippen molar-refractivity contribution in [3.8, 4) is 5.75 Å². The van der Waals surface area contributed by atoms with Crippen molar-refractivity contribution in [1.82, 2.24) is 0 Å². The average Bonchev–Trinajstić information content (AvgIpc) is 2.83. The molecule has 1 aliphatic heterocycles. The number of rotatable bonds is 2. The van der Waals surface area contributed by atoms with Crippen LogP contribution in [0.3, 0.4) is 0 Å². The molecule has 2 aromatic carbocycles. The molecule has 2 aromatic rings. The summed E-state index contributed by atoms with van der Waals surface area (Å²) < 4.78 is 5.45. The van der Waals surface area contributed by atoms with E-state index >= 15 is 0 Å². The van der Waals surface area contributed by atoms with Gasteiger partial charge >= 0.3 is 0 Å². The molecule has 0 amide bonds. The highest BCUT2D eigenvalue weighted by Gasteiger charge is 2.16. The summed E-state index contributed by atoms with van der Waals surface area (Å²) in [5, 5.41) is 0. The molecule has 0 bridgehead atoms. The normalized spacial score (nSPS) is 12.9. The lowest BCUT2D eigenvalue weighted by atomic mass is 9.99. The minimum Gasteiger partial charge on any atom is -0.493 e. The third-order valence-corrected chi connectivity index (χ3v) is 3.31. The van der Waals surface area contributed by atoms with Crippen LogP contribution >= 0.6 is 0 Å². The number of anilines is 1. The van der Waals surface area contributed by atoms with Gasteiger partial charge in [0.05, 0.1) is 6.61 Å². The molecule has 0 radical (unpaired) electrons. The fraction of sp³-hybridized carbons (Fsp3) is 0.188. The summed E-state index contributed by atoms with van der Waals surface area (Å²) in [5.74, 6) is 0.894. The smallest absolute Gasteiger partial charge is 0.193 e. The van der Waals surface area contributed by atoms with Crippen LogP contribution in [-0.4, -0.2) is 12.4 Å². The van der Waals surface area contributed by atoms with E-state index in [1.165, 1.54) is 0 Å². The van der Waals surface area contributed by atoms with Crippen molar-refractivity contribution in [2.24, 2.45) is 0 Å². The number of nitrogen functional groups attached to an aromatic ring is 1. The first kappa shape index (κ1) is 11.8. The van der Waals surface area contributed by atoms with E-state index in [1.54, 1.807) is 6.07 Å². The molecule has 3 nitrogen and oxygen atoms in total. The molecule has 19 heavy (non-hydrogen) atoms. The largest absolute Gasteiger partial charge is 0.493 e. The van der Waals surface area contributed by atoms with E-state index in [-0.39, 0.29) is 5.78 Å². The van der Waals surface area contributed by atoms with Crippen molar-refractivity contribution in [3.05, 3.63) is 58.7 Å². The zero-order valence-corrected chi connectivity index (χ0v) is 10.8. The van der Waals surface area contributed by atoms with E-state index in [2.05, 4.69) is 0 Å². The molecule has 0 saturated carbocycles. The Labute approximate surface area is 112 Å². The third kappa shape index (κ3) is 2.19. The van der Waals surface area contributed by atoms with Crippen LogP contribution in [0.4, 0.5) is 5.69 Å². The van der Waals surface area contributed by atoms with Crippen LogP contribution in [0.15, 0.2) is 36.4 Å². The maximum atomic E-state index is 12.5. The van der Waals surface area contributed by atoms with E-state index in [9.17, 15) is 4.79 Å². The third-order valence-electron chi connectivity index (χ3n) is 3.31. The number of benzene rings is 2. The summed E-state index contributed by atoms with van der Waals surface area (Å²) in [7, 11) is 0. The van der Waals surface area contributed by atoms with Crippen molar-refractivity contribution in [2.75, 3.05) is 12.3 Å². The molecule has 3 rings (SSSR count). The van der Waals surface area contributed by atoms with Gasteiger partial charge in [0.1, 0.15) is 5.75 Å². The van der Waals surface area contributed by atoms with Crippen LogP contribution in [0.25, 0.3) is 0 Å². The lowest BCUT2D eigenvalue weighted by Crippen LogP contribution is -2.03. The van der Waals surface area contributed by atoms with Crippen molar-refractivity contribution in [1.29, 1.82) is 0 Å². The minimum atomic E-state index is 0.00472. The highest BCUT2D eigenvalue weighted by Crippen LogP contribution is 2.27. The van der Waals surface area contributed by atoms with Crippen molar-refractivity contribution in [2.45, 2.75) is 13.3 Å². The number of aryl methyl sites for hydroxylation is 1. The van der Waals surface area contributed by atoms with Gasteiger partial charge in [-0.05, 0) is 54.4 Å². The molecule has 96 valence electrons. The Bertz CT molecular complexity index is 642. The molecule has 0 unspecified atom stereocenters. The first-order chi connectivity index (χ1) is 9.13. The maximum Gasteiger partial charge on any atom is 0.193 e. The van der Waals surface area contributed by atoms with E-state index in [4.69, 9.17) is 10.5 Å². The lowest BCUT2D eigenvalue weighted by Gasteiger charge is -2.06. The number of ether oxygens (including phenoxy) is 1. The molecule has 0 aliphatic carbocycles. The Hall–Kier alpha value is -2.29. The highest BCUT2D eigenvalue weighted by atomic mass is 16.5. The Morgan fingerprint density at radius 1 is 1.16 bits per heavy atom. The van der Waals surface area contributed by atoms with Gasteiger partial charge in [0.25, 0.3) is 0 Å². The number of ketones is 1. The monoisotopic (exact) mass is 253 g/mol. The van der Waals surface area contributed by atoms with Crippen LogP contribution in [0.1, 0.15) is 27.0 Å². The van der Waals surface area contributed by atoms with Gasteiger partial charge in [0.15, 0.2) is 5.78 Å². The summed E-state index contributed by atoms with van der Waals surface area (Å²) in [6.07, 6.45) is 0.867. The first-order valence-corrected chi connectivity index (χ1v) is 6.31. The minimum absolute atomic E-state index is 0.00472. The van der Waals surface area contributed by atoms with Crippen LogP contribution in [0.5, 0.6) is 5.75 Å². The molecular weight excluding hydrogens is 238 g/mol. The zero-order chi connectivity index (χ0) is 13.4. The van der Waals surface area contributed by atoms with Crippen LogP contribution < -0.4 is 10.5 Å². The molecule has 0 atom stereocenters. The Morgan fingerprint density at radius 3 is 2.79 bits per heavy atom. The second-order valence-electron chi connectivity index (χ2n) is 4.88. The number of carbonyl (C=O) groups is 1.